The normalized spacial score (nSPS) is 16.7. The number of benzene rings is 2. The summed E-state index contributed by atoms with van der Waals surface area (Å²) in [5.74, 6) is 1.02. The van der Waals surface area contributed by atoms with Crippen LogP contribution in [0.5, 0.6) is 5.75 Å². The number of rotatable bonds is 6. The molecule has 1 aliphatic heterocycles. The predicted molar refractivity (Wildman–Crippen MR) is 135 cm³/mol. The summed E-state index contributed by atoms with van der Waals surface area (Å²) in [6.45, 7) is 4.36. The molecule has 2 aromatic carbocycles. The van der Waals surface area contributed by atoms with Gasteiger partial charge in [0, 0.05) is 31.3 Å². The van der Waals surface area contributed by atoms with Gasteiger partial charge in [0.05, 0.1) is 33.7 Å². The zero-order chi connectivity index (χ0) is 22.8. The maximum atomic E-state index is 12.5. The molecule has 1 fully saturated rings. The lowest BCUT2D eigenvalue weighted by Crippen LogP contribution is -2.34. The molecule has 8 heteroatoms. The summed E-state index contributed by atoms with van der Waals surface area (Å²) < 4.78 is 6.73. The van der Waals surface area contributed by atoms with E-state index in [9.17, 15) is 4.79 Å². The van der Waals surface area contributed by atoms with Crippen molar-refractivity contribution in [3.8, 4) is 5.75 Å². The van der Waals surface area contributed by atoms with E-state index in [1.54, 1.807) is 18.9 Å². The summed E-state index contributed by atoms with van der Waals surface area (Å²) in [5.41, 5.74) is 2.79. The van der Waals surface area contributed by atoms with Gasteiger partial charge >= 0.3 is 0 Å². The van der Waals surface area contributed by atoms with Gasteiger partial charge in [-0.2, -0.15) is 0 Å². The molecule has 6 nitrogen and oxygen atoms in total. The molecule has 170 valence electrons. The Morgan fingerprint density at radius 3 is 2.82 bits per heavy atom. The molecule has 33 heavy (non-hydrogen) atoms. The van der Waals surface area contributed by atoms with Crippen molar-refractivity contribution in [2.45, 2.75) is 32.2 Å². The number of para-hydroxylation sites is 3. The van der Waals surface area contributed by atoms with Gasteiger partial charge in [-0.1, -0.05) is 24.3 Å². The minimum absolute atomic E-state index is 0.0886. The van der Waals surface area contributed by atoms with Crippen LogP contribution in [-0.2, 0) is 11.3 Å². The fourth-order valence-electron chi connectivity index (χ4n) is 4.39. The van der Waals surface area contributed by atoms with Gasteiger partial charge in [0.1, 0.15) is 5.75 Å². The quantitative estimate of drug-likeness (QED) is 0.349. The lowest BCUT2D eigenvalue weighted by molar-refractivity contribution is -0.115. The lowest BCUT2D eigenvalue weighted by Gasteiger charge is -2.31. The van der Waals surface area contributed by atoms with Crippen LogP contribution in [0.15, 0.2) is 53.9 Å². The third-order valence-corrected chi connectivity index (χ3v) is 8.00. The molecule has 0 radical (unpaired) electrons. The summed E-state index contributed by atoms with van der Waals surface area (Å²) >= 11 is 3.31. The van der Waals surface area contributed by atoms with E-state index in [0.29, 0.717) is 22.5 Å². The molecule has 0 N–H and O–H groups in total. The van der Waals surface area contributed by atoms with Crippen molar-refractivity contribution in [1.82, 2.24) is 14.9 Å². The SMILES string of the molecule is COc1ccccc1N(C(C)=O)c1nc(CN2CCCC(c3nc4ccccc4s3)C2)cs1. The number of amides is 1. The predicted octanol–water partition coefficient (Wildman–Crippen LogP) is 5.83. The van der Waals surface area contributed by atoms with Crippen molar-refractivity contribution >= 4 is 49.6 Å². The summed E-state index contributed by atoms with van der Waals surface area (Å²) in [6, 6.07) is 15.9. The fraction of sp³-hybridized carbons (Fsp3) is 0.320. The van der Waals surface area contributed by atoms with Gasteiger partial charge in [0.2, 0.25) is 5.91 Å². The number of anilines is 2. The van der Waals surface area contributed by atoms with E-state index in [1.165, 1.54) is 27.5 Å². The number of carbonyl (C=O) groups is 1. The van der Waals surface area contributed by atoms with Gasteiger partial charge < -0.3 is 4.74 Å². The number of likely N-dealkylation sites (tertiary alicyclic amines) is 1. The minimum Gasteiger partial charge on any atom is -0.495 e. The van der Waals surface area contributed by atoms with Crippen molar-refractivity contribution in [2.75, 3.05) is 25.1 Å². The second-order valence-corrected chi connectivity index (χ2v) is 10.1. The van der Waals surface area contributed by atoms with Gasteiger partial charge in [0.25, 0.3) is 0 Å². The van der Waals surface area contributed by atoms with E-state index in [4.69, 9.17) is 14.7 Å². The maximum absolute atomic E-state index is 12.5. The summed E-state index contributed by atoms with van der Waals surface area (Å²) in [4.78, 5) is 26.3. The molecule has 1 unspecified atom stereocenters. The average Bonchev–Trinajstić information content (AvgIpc) is 3.47. The standard InChI is InChI=1S/C25H26N4O2S2/c1-17(30)29(21-10-4-5-11-22(21)31-2)25-26-19(16-32-25)15-28-13-7-8-18(14-28)24-27-20-9-3-6-12-23(20)33-24/h3-6,9-12,16,18H,7-8,13-15H2,1-2H3. The van der Waals surface area contributed by atoms with Crippen LogP contribution in [0, 0.1) is 0 Å². The second kappa shape index (κ2) is 9.59. The van der Waals surface area contributed by atoms with Crippen LogP contribution >= 0.6 is 22.7 Å². The molecule has 3 heterocycles. The number of aromatic nitrogens is 2. The number of ether oxygens (including phenoxy) is 1. The summed E-state index contributed by atoms with van der Waals surface area (Å²) in [5, 5.41) is 3.96. The van der Waals surface area contributed by atoms with Crippen LogP contribution in [0.2, 0.25) is 0 Å². The Morgan fingerprint density at radius 2 is 2.00 bits per heavy atom. The number of methoxy groups -OCH3 is 1. The third-order valence-electron chi connectivity index (χ3n) is 5.92. The zero-order valence-electron chi connectivity index (χ0n) is 18.7. The molecule has 2 aromatic heterocycles. The average molecular weight is 479 g/mol. The molecule has 0 aliphatic carbocycles. The topological polar surface area (TPSA) is 58.6 Å². The monoisotopic (exact) mass is 478 g/mol. The molecule has 0 spiro atoms. The number of carbonyl (C=O) groups excluding carboxylic acids is 1. The van der Waals surface area contributed by atoms with Gasteiger partial charge in [-0.05, 0) is 43.7 Å². The first-order valence-corrected chi connectivity index (χ1v) is 12.8. The first-order valence-electron chi connectivity index (χ1n) is 11.1. The number of hydrogen-bond acceptors (Lipinski definition) is 7. The lowest BCUT2D eigenvalue weighted by atomic mass is 9.98. The number of piperidine rings is 1. The van der Waals surface area contributed by atoms with E-state index in [-0.39, 0.29) is 5.91 Å². The van der Waals surface area contributed by atoms with E-state index in [0.717, 1.165) is 37.3 Å². The number of thiazole rings is 2. The minimum atomic E-state index is -0.0886. The molecule has 5 rings (SSSR count). The highest BCUT2D eigenvalue weighted by molar-refractivity contribution is 7.18. The third kappa shape index (κ3) is 4.64. The van der Waals surface area contributed by atoms with Gasteiger partial charge in [0.15, 0.2) is 5.13 Å². The summed E-state index contributed by atoms with van der Waals surface area (Å²) in [7, 11) is 1.61. The van der Waals surface area contributed by atoms with Crippen LogP contribution in [0.1, 0.15) is 36.4 Å². The van der Waals surface area contributed by atoms with Gasteiger partial charge in [-0.25, -0.2) is 9.97 Å². The van der Waals surface area contributed by atoms with Crippen molar-refractivity contribution in [1.29, 1.82) is 0 Å². The van der Waals surface area contributed by atoms with Crippen LogP contribution < -0.4 is 9.64 Å². The molecular weight excluding hydrogens is 452 g/mol. The van der Waals surface area contributed by atoms with Crippen molar-refractivity contribution in [3.05, 3.63) is 64.6 Å². The number of fused-ring (bicyclic) bond motifs is 1. The van der Waals surface area contributed by atoms with Crippen LogP contribution in [-0.4, -0.2) is 41.0 Å². The molecular formula is C25H26N4O2S2. The Labute approximate surface area is 201 Å². The molecule has 1 amide bonds. The van der Waals surface area contributed by atoms with Crippen LogP contribution in [0.3, 0.4) is 0 Å². The molecule has 1 aliphatic rings. The van der Waals surface area contributed by atoms with Gasteiger partial charge in [-0.3, -0.25) is 14.6 Å². The maximum Gasteiger partial charge on any atom is 0.230 e. The fourth-order valence-corrected chi connectivity index (χ4v) is 6.35. The Balaban J connectivity index is 1.32. The Bertz CT molecular complexity index is 1240. The van der Waals surface area contributed by atoms with Crippen LogP contribution in [0.25, 0.3) is 10.2 Å². The number of hydrogen-bond donors (Lipinski definition) is 0. The Morgan fingerprint density at radius 1 is 1.18 bits per heavy atom. The van der Waals surface area contributed by atoms with E-state index in [2.05, 4.69) is 28.5 Å². The smallest absolute Gasteiger partial charge is 0.230 e. The first-order chi connectivity index (χ1) is 16.1. The van der Waals surface area contributed by atoms with E-state index < -0.39 is 0 Å². The molecule has 0 bridgehead atoms. The summed E-state index contributed by atoms with van der Waals surface area (Å²) in [6.07, 6.45) is 2.32. The highest BCUT2D eigenvalue weighted by Gasteiger charge is 2.26. The second-order valence-electron chi connectivity index (χ2n) is 8.24. The zero-order valence-corrected chi connectivity index (χ0v) is 20.4. The first kappa shape index (κ1) is 22.0. The number of nitrogens with zero attached hydrogens (tertiary/aromatic N) is 4. The van der Waals surface area contributed by atoms with E-state index in [1.807, 2.05) is 41.7 Å². The van der Waals surface area contributed by atoms with Crippen LogP contribution in [0.4, 0.5) is 10.8 Å². The molecule has 4 aromatic rings. The molecule has 1 atom stereocenters. The Kier molecular flexibility index (Phi) is 6.39. The molecule has 0 saturated carbocycles. The van der Waals surface area contributed by atoms with Crippen molar-refractivity contribution in [3.63, 3.8) is 0 Å². The highest BCUT2D eigenvalue weighted by Crippen LogP contribution is 2.36. The van der Waals surface area contributed by atoms with Gasteiger partial charge in [-0.15, -0.1) is 22.7 Å². The largest absolute Gasteiger partial charge is 0.495 e. The highest BCUT2D eigenvalue weighted by atomic mass is 32.1. The van der Waals surface area contributed by atoms with Crippen molar-refractivity contribution < 1.29 is 9.53 Å². The van der Waals surface area contributed by atoms with Crippen molar-refractivity contribution in [2.24, 2.45) is 0 Å². The Hall–Kier alpha value is -2.81. The van der Waals surface area contributed by atoms with E-state index >= 15 is 0 Å². The molecule has 1 saturated heterocycles.